The highest BCUT2D eigenvalue weighted by atomic mass is 19.1. The zero-order chi connectivity index (χ0) is 14.7. The Hall–Kier alpha value is -1.42. The van der Waals surface area contributed by atoms with E-state index in [1.165, 1.54) is 12.1 Å². The smallest absolute Gasteiger partial charge is 0.251 e. The summed E-state index contributed by atoms with van der Waals surface area (Å²) in [6, 6.07) is 6.49. The van der Waals surface area contributed by atoms with Gasteiger partial charge in [0.1, 0.15) is 11.9 Å². The molecular weight excluding hydrogens is 257 g/mol. The summed E-state index contributed by atoms with van der Waals surface area (Å²) in [6.07, 6.45) is 0.426. The Morgan fingerprint density at radius 3 is 2.95 bits per heavy atom. The van der Waals surface area contributed by atoms with Gasteiger partial charge in [0.2, 0.25) is 0 Å². The first kappa shape index (κ1) is 15.0. The van der Waals surface area contributed by atoms with Crippen LogP contribution < -0.4 is 0 Å². The minimum absolute atomic E-state index is 0.00883. The quantitative estimate of drug-likeness (QED) is 0.847. The van der Waals surface area contributed by atoms with Crippen molar-refractivity contribution < 1.29 is 13.9 Å². The van der Waals surface area contributed by atoms with Crippen LogP contribution in [0.5, 0.6) is 0 Å². The number of carbonyl (C=O) groups is 1. The van der Waals surface area contributed by atoms with Crippen LogP contribution >= 0.6 is 0 Å². The van der Waals surface area contributed by atoms with Crippen molar-refractivity contribution in [1.29, 1.82) is 0 Å². The van der Waals surface area contributed by atoms with Crippen LogP contribution in [0.4, 0.5) is 4.39 Å². The minimum atomic E-state index is -0.443. The molecule has 3 unspecified atom stereocenters. The number of likely N-dealkylation sites (tertiary alicyclic amines) is 1. The number of hydrogen-bond donors (Lipinski definition) is 0. The number of nitrogens with zero attached hydrogens (tertiary/aromatic N) is 1. The molecule has 3 nitrogen and oxygen atoms in total. The summed E-state index contributed by atoms with van der Waals surface area (Å²) in [6.45, 7) is 6.99. The largest absolute Gasteiger partial charge is 0.369 e. The molecule has 1 heterocycles. The van der Waals surface area contributed by atoms with Gasteiger partial charge in [0.25, 0.3) is 5.91 Å². The number of hydrogen-bond acceptors (Lipinski definition) is 2. The van der Waals surface area contributed by atoms with Gasteiger partial charge in [0.05, 0.1) is 6.04 Å². The number of benzene rings is 1. The van der Waals surface area contributed by atoms with Gasteiger partial charge in [0, 0.05) is 13.2 Å². The minimum Gasteiger partial charge on any atom is -0.369 e. The van der Waals surface area contributed by atoms with Crippen molar-refractivity contribution in [1.82, 2.24) is 4.90 Å². The molecule has 1 aromatic rings. The molecule has 4 heteroatoms. The molecule has 110 valence electrons. The Labute approximate surface area is 119 Å². The maximum atomic E-state index is 13.4. The number of ether oxygens (including phenoxy) is 1. The molecule has 20 heavy (non-hydrogen) atoms. The van der Waals surface area contributed by atoms with Gasteiger partial charge < -0.3 is 9.64 Å². The molecule has 0 aromatic heterocycles. The van der Waals surface area contributed by atoms with Gasteiger partial charge in [-0.05, 0) is 43.9 Å². The van der Waals surface area contributed by atoms with E-state index in [4.69, 9.17) is 4.74 Å². The zero-order valence-electron chi connectivity index (χ0n) is 12.3. The van der Waals surface area contributed by atoms with Crippen LogP contribution in [0.3, 0.4) is 0 Å². The fourth-order valence-electron chi connectivity index (χ4n) is 2.87. The van der Waals surface area contributed by atoms with Crippen LogP contribution in [0.25, 0.3) is 0 Å². The second-order valence-corrected chi connectivity index (χ2v) is 5.50. The van der Waals surface area contributed by atoms with Crippen molar-refractivity contribution in [3.8, 4) is 0 Å². The second-order valence-electron chi connectivity index (χ2n) is 5.50. The normalized spacial score (nSPS) is 23.9. The first-order chi connectivity index (χ1) is 9.52. The third-order valence-corrected chi connectivity index (χ3v) is 3.79. The van der Waals surface area contributed by atoms with E-state index in [2.05, 4.69) is 6.92 Å². The fraction of sp³-hybridized carbons (Fsp3) is 0.562. The molecule has 0 spiro atoms. The van der Waals surface area contributed by atoms with Crippen LogP contribution in [0, 0.1) is 11.7 Å². The maximum absolute atomic E-state index is 13.4. The molecule has 1 fully saturated rings. The SMILES string of the molecule is CCOC(C)C(=O)N1CC(C)CC1c1cccc(F)c1. The highest BCUT2D eigenvalue weighted by Gasteiger charge is 2.36. The predicted molar refractivity (Wildman–Crippen MR) is 75.7 cm³/mol. The maximum Gasteiger partial charge on any atom is 0.251 e. The van der Waals surface area contributed by atoms with Crippen molar-refractivity contribution in [2.45, 2.75) is 39.3 Å². The van der Waals surface area contributed by atoms with E-state index >= 15 is 0 Å². The molecule has 1 aliphatic rings. The zero-order valence-corrected chi connectivity index (χ0v) is 12.3. The third-order valence-electron chi connectivity index (χ3n) is 3.79. The van der Waals surface area contributed by atoms with Crippen LogP contribution in [0.1, 0.15) is 38.8 Å². The summed E-state index contributed by atoms with van der Waals surface area (Å²) in [4.78, 5) is 14.3. The van der Waals surface area contributed by atoms with Crippen molar-refractivity contribution in [2.24, 2.45) is 5.92 Å². The predicted octanol–water partition coefficient (Wildman–Crippen LogP) is 3.16. The van der Waals surface area contributed by atoms with Crippen molar-refractivity contribution in [3.63, 3.8) is 0 Å². The lowest BCUT2D eigenvalue weighted by molar-refractivity contribution is -0.143. The molecule has 0 aliphatic carbocycles. The Balaban J connectivity index is 2.20. The van der Waals surface area contributed by atoms with Gasteiger partial charge >= 0.3 is 0 Å². The first-order valence-corrected chi connectivity index (χ1v) is 7.20. The molecule has 0 saturated carbocycles. The molecule has 1 aliphatic heterocycles. The van der Waals surface area contributed by atoms with Crippen LogP contribution in [0.15, 0.2) is 24.3 Å². The average Bonchev–Trinajstić information content (AvgIpc) is 2.80. The molecular formula is C16H22FNO2. The molecule has 1 amide bonds. The van der Waals surface area contributed by atoms with Crippen molar-refractivity contribution in [2.75, 3.05) is 13.2 Å². The molecule has 0 radical (unpaired) electrons. The van der Waals surface area contributed by atoms with Gasteiger partial charge in [-0.2, -0.15) is 0 Å². The molecule has 2 rings (SSSR count). The highest BCUT2D eigenvalue weighted by Crippen LogP contribution is 2.36. The van der Waals surface area contributed by atoms with E-state index in [-0.39, 0.29) is 17.8 Å². The van der Waals surface area contributed by atoms with Crippen molar-refractivity contribution in [3.05, 3.63) is 35.6 Å². The number of halogens is 1. The Morgan fingerprint density at radius 2 is 2.30 bits per heavy atom. The van der Waals surface area contributed by atoms with E-state index in [1.807, 2.05) is 17.9 Å². The highest BCUT2D eigenvalue weighted by molar-refractivity contribution is 5.81. The lowest BCUT2D eigenvalue weighted by Gasteiger charge is -2.27. The van der Waals surface area contributed by atoms with Crippen LogP contribution in [-0.2, 0) is 9.53 Å². The topological polar surface area (TPSA) is 29.5 Å². The van der Waals surface area contributed by atoms with Gasteiger partial charge in [-0.25, -0.2) is 4.39 Å². The lowest BCUT2D eigenvalue weighted by Crippen LogP contribution is -2.39. The van der Waals surface area contributed by atoms with Gasteiger partial charge in [-0.15, -0.1) is 0 Å². The summed E-state index contributed by atoms with van der Waals surface area (Å²) < 4.78 is 18.8. The van der Waals surface area contributed by atoms with Crippen LogP contribution in [-0.4, -0.2) is 30.1 Å². The second kappa shape index (κ2) is 6.35. The Morgan fingerprint density at radius 1 is 1.55 bits per heavy atom. The monoisotopic (exact) mass is 279 g/mol. The number of amides is 1. The van der Waals surface area contributed by atoms with E-state index in [9.17, 15) is 9.18 Å². The Bertz CT molecular complexity index is 477. The molecule has 0 N–H and O–H groups in total. The summed E-state index contributed by atoms with van der Waals surface area (Å²) >= 11 is 0. The fourth-order valence-corrected chi connectivity index (χ4v) is 2.87. The lowest BCUT2D eigenvalue weighted by atomic mass is 10.0. The van der Waals surface area contributed by atoms with E-state index < -0.39 is 6.10 Å². The van der Waals surface area contributed by atoms with Gasteiger partial charge in [0.15, 0.2) is 0 Å². The van der Waals surface area contributed by atoms with E-state index in [0.717, 1.165) is 12.0 Å². The third kappa shape index (κ3) is 3.18. The standard InChI is InChI=1S/C16H22FNO2/c1-4-20-12(3)16(19)18-10-11(2)8-15(18)13-6-5-7-14(17)9-13/h5-7,9,11-12,15H,4,8,10H2,1-3H3. The summed E-state index contributed by atoms with van der Waals surface area (Å²) in [5.41, 5.74) is 0.867. The Kier molecular flexibility index (Phi) is 4.76. The van der Waals surface area contributed by atoms with Gasteiger partial charge in [-0.1, -0.05) is 19.1 Å². The number of rotatable bonds is 4. The number of carbonyl (C=O) groups excluding carboxylic acids is 1. The van der Waals surface area contributed by atoms with Gasteiger partial charge in [-0.3, -0.25) is 4.79 Å². The summed E-state index contributed by atoms with van der Waals surface area (Å²) in [5, 5.41) is 0. The summed E-state index contributed by atoms with van der Waals surface area (Å²) in [7, 11) is 0. The first-order valence-electron chi connectivity index (χ1n) is 7.20. The van der Waals surface area contributed by atoms with Crippen LogP contribution in [0.2, 0.25) is 0 Å². The molecule has 0 bridgehead atoms. The van der Waals surface area contributed by atoms with E-state index in [1.54, 1.807) is 13.0 Å². The molecule has 1 saturated heterocycles. The summed E-state index contributed by atoms with van der Waals surface area (Å²) in [5.74, 6) is 0.152. The van der Waals surface area contributed by atoms with Crippen molar-refractivity contribution >= 4 is 5.91 Å². The molecule has 1 aromatic carbocycles. The van der Waals surface area contributed by atoms with E-state index in [0.29, 0.717) is 19.1 Å². The average molecular weight is 279 g/mol. The molecule has 3 atom stereocenters.